The Morgan fingerprint density at radius 3 is 2.35 bits per heavy atom. The summed E-state index contributed by atoms with van der Waals surface area (Å²) >= 11 is 0. The number of likely N-dealkylation sites (N-methyl/N-ethyl adjacent to an activating group) is 1. The van der Waals surface area contributed by atoms with Crippen LogP contribution in [0.3, 0.4) is 0 Å². The number of hydrogen-bond acceptors (Lipinski definition) is 6. The summed E-state index contributed by atoms with van der Waals surface area (Å²) in [5.41, 5.74) is 1.57. The van der Waals surface area contributed by atoms with E-state index in [2.05, 4.69) is 5.32 Å². The van der Waals surface area contributed by atoms with Crippen molar-refractivity contribution in [2.75, 3.05) is 11.9 Å². The average molecular weight is 528 g/mol. The molecule has 0 aromatic heterocycles. The minimum absolute atomic E-state index is 0.0478. The van der Waals surface area contributed by atoms with E-state index in [1.807, 2.05) is 10.8 Å². The molecule has 1 aliphatic heterocycles. The molecule has 1 aliphatic rings. The first kappa shape index (κ1) is 26.0. The number of nitrogens with zero attached hydrogens (tertiary/aromatic N) is 1. The lowest BCUT2D eigenvalue weighted by Gasteiger charge is -2.25. The summed E-state index contributed by atoms with van der Waals surface area (Å²) in [7, 11) is -2.70. The summed E-state index contributed by atoms with van der Waals surface area (Å²) in [6.45, 7) is 2.73. The zero-order valence-electron chi connectivity index (χ0n) is 20.4. The van der Waals surface area contributed by atoms with E-state index >= 15 is 0 Å². The van der Waals surface area contributed by atoms with Gasteiger partial charge in [0.25, 0.3) is 10.0 Å². The van der Waals surface area contributed by atoms with Gasteiger partial charge in [0.05, 0.1) is 4.90 Å². The van der Waals surface area contributed by atoms with Gasteiger partial charge in [-0.3, -0.25) is 4.79 Å². The summed E-state index contributed by atoms with van der Waals surface area (Å²) < 4.78 is 51.7. The van der Waals surface area contributed by atoms with Crippen molar-refractivity contribution in [2.45, 2.75) is 37.2 Å². The molecule has 2 atom stereocenters. The molecule has 0 bridgehead atoms. The average Bonchev–Trinajstić information content (AvgIpc) is 3.16. The molecule has 37 heavy (non-hydrogen) atoms. The highest BCUT2D eigenvalue weighted by Crippen LogP contribution is 2.42. The van der Waals surface area contributed by atoms with Gasteiger partial charge < -0.3 is 19.7 Å². The number of anilines is 1. The highest BCUT2D eigenvalue weighted by molar-refractivity contribution is 7.90. The number of hydrogen-bond donors (Lipinski definition) is 2. The number of rotatable bonds is 7. The molecule has 2 N–H and O–H groups in total. The van der Waals surface area contributed by atoms with Crippen molar-refractivity contribution < 1.29 is 31.9 Å². The van der Waals surface area contributed by atoms with Crippen molar-refractivity contribution in [3.8, 4) is 11.5 Å². The SMILES string of the molecule is Cc1ccccc1S(=O)(=O)NC(=O)N[C@@H](Cc1ccccc1)C(=O)N(C)c1ccc2c(c1)OC(C)(F)O2. The molecule has 0 saturated heterocycles. The normalized spacial score (nSPS) is 17.1. The molecule has 0 aliphatic carbocycles. The van der Waals surface area contributed by atoms with Crippen LogP contribution < -0.4 is 24.4 Å². The lowest BCUT2D eigenvalue weighted by molar-refractivity contribution is -0.173. The summed E-state index contributed by atoms with van der Waals surface area (Å²) in [5.74, 6) is -0.222. The van der Waals surface area contributed by atoms with Gasteiger partial charge in [0, 0.05) is 32.1 Å². The predicted molar refractivity (Wildman–Crippen MR) is 135 cm³/mol. The minimum Gasteiger partial charge on any atom is -0.423 e. The molecular weight excluding hydrogens is 501 g/mol. The summed E-state index contributed by atoms with van der Waals surface area (Å²) in [4.78, 5) is 27.5. The van der Waals surface area contributed by atoms with E-state index in [1.54, 1.807) is 55.5 Å². The Labute approximate surface area is 214 Å². The second kappa shape index (κ2) is 10.1. The van der Waals surface area contributed by atoms with Crippen molar-refractivity contribution in [1.82, 2.24) is 10.0 Å². The maximum Gasteiger partial charge on any atom is 0.404 e. The number of carbonyl (C=O) groups is 2. The van der Waals surface area contributed by atoms with Crippen LogP contribution in [0.4, 0.5) is 14.9 Å². The van der Waals surface area contributed by atoms with E-state index in [9.17, 15) is 22.4 Å². The first-order chi connectivity index (χ1) is 17.4. The Balaban J connectivity index is 1.55. The first-order valence-corrected chi connectivity index (χ1v) is 12.8. The summed E-state index contributed by atoms with van der Waals surface area (Å²) in [6.07, 6.45) is 0.0922. The molecule has 0 saturated carbocycles. The molecule has 9 nitrogen and oxygen atoms in total. The number of aryl methyl sites for hydroxylation is 1. The highest BCUT2D eigenvalue weighted by Gasteiger charge is 2.37. The second-order valence-electron chi connectivity index (χ2n) is 8.65. The minimum atomic E-state index is -4.18. The van der Waals surface area contributed by atoms with Crippen LogP contribution in [0, 0.1) is 6.92 Å². The van der Waals surface area contributed by atoms with Crippen LogP contribution in [0.25, 0.3) is 0 Å². The molecule has 3 aromatic carbocycles. The number of fused-ring (bicyclic) bond motifs is 1. The fourth-order valence-corrected chi connectivity index (χ4v) is 5.08. The second-order valence-corrected chi connectivity index (χ2v) is 10.3. The van der Waals surface area contributed by atoms with Crippen LogP contribution >= 0.6 is 0 Å². The van der Waals surface area contributed by atoms with Crippen LogP contribution in [-0.2, 0) is 21.2 Å². The predicted octanol–water partition coefficient (Wildman–Crippen LogP) is 3.67. The maximum absolute atomic E-state index is 14.1. The van der Waals surface area contributed by atoms with Crippen molar-refractivity contribution in [3.05, 3.63) is 83.9 Å². The zero-order valence-corrected chi connectivity index (χ0v) is 21.2. The largest absolute Gasteiger partial charge is 0.423 e. The van der Waals surface area contributed by atoms with Gasteiger partial charge in [-0.2, -0.15) is 4.39 Å². The molecule has 3 aromatic rings. The first-order valence-electron chi connectivity index (χ1n) is 11.4. The Hall–Kier alpha value is -4.12. The number of amides is 3. The van der Waals surface area contributed by atoms with Gasteiger partial charge in [-0.25, -0.2) is 17.9 Å². The zero-order chi connectivity index (χ0) is 26.8. The lowest BCUT2D eigenvalue weighted by Crippen LogP contribution is -2.52. The topological polar surface area (TPSA) is 114 Å². The van der Waals surface area contributed by atoms with E-state index in [-0.39, 0.29) is 22.8 Å². The smallest absolute Gasteiger partial charge is 0.404 e. The Morgan fingerprint density at radius 2 is 1.65 bits per heavy atom. The molecule has 11 heteroatoms. The number of nitrogens with one attached hydrogen (secondary N) is 2. The van der Waals surface area contributed by atoms with Gasteiger partial charge in [-0.1, -0.05) is 48.5 Å². The van der Waals surface area contributed by atoms with Gasteiger partial charge in [-0.15, -0.1) is 0 Å². The summed E-state index contributed by atoms with van der Waals surface area (Å²) in [6, 6.07) is 15.1. The van der Waals surface area contributed by atoms with E-state index < -0.39 is 34.0 Å². The van der Waals surface area contributed by atoms with Gasteiger partial charge >= 0.3 is 12.1 Å². The fraction of sp³-hybridized carbons (Fsp3) is 0.231. The quantitative estimate of drug-likeness (QED) is 0.485. The van der Waals surface area contributed by atoms with Crippen molar-refractivity contribution in [2.24, 2.45) is 0 Å². The molecule has 0 radical (unpaired) electrons. The van der Waals surface area contributed by atoms with Gasteiger partial charge in [0.2, 0.25) is 5.91 Å². The maximum atomic E-state index is 14.1. The Morgan fingerprint density at radius 1 is 1.00 bits per heavy atom. The number of halogens is 1. The van der Waals surface area contributed by atoms with Crippen molar-refractivity contribution in [3.63, 3.8) is 0 Å². The lowest BCUT2D eigenvalue weighted by atomic mass is 10.0. The third-order valence-electron chi connectivity index (χ3n) is 5.73. The van der Waals surface area contributed by atoms with Crippen LogP contribution in [0.5, 0.6) is 11.5 Å². The van der Waals surface area contributed by atoms with Crippen LogP contribution in [-0.4, -0.2) is 39.5 Å². The third-order valence-corrected chi connectivity index (χ3v) is 7.22. The van der Waals surface area contributed by atoms with Crippen LogP contribution in [0.2, 0.25) is 0 Å². The Kier molecular flexibility index (Phi) is 7.08. The standard InChI is InChI=1S/C26H26FN3O6S/c1-17-9-7-8-12-23(17)37(33,34)29-25(32)28-20(15-18-10-5-4-6-11-18)24(31)30(3)19-13-14-21-22(16-19)36-26(2,27)35-21/h4-14,16,20H,15H2,1-3H3,(H2,28,29,32)/t20-,26?/m0/s1. The van der Waals surface area contributed by atoms with Gasteiger partial charge in [0.15, 0.2) is 11.5 Å². The molecule has 4 rings (SSSR count). The van der Waals surface area contributed by atoms with E-state index in [0.717, 1.165) is 12.5 Å². The van der Waals surface area contributed by atoms with Crippen LogP contribution in [0.15, 0.2) is 77.7 Å². The molecule has 194 valence electrons. The van der Waals surface area contributed by atoms with E-state index in [0.29, 0.717) is 11.3 Å². The number of ether oxygens (including phenoxy) is 2. The van der Waals surface area contributed by atoms with Gasteiger partial charge in [0.1, 0.15) is 6.04 Å². The van der Waals surface area contributed by atoms with E-state index in [4.69, 9.17) is 9.47 Å². The monoisotopic (exact) mass is 527 g/mol. The number of urea groups is 1. The number of sulfonamides is 1. The fourth-order valence-electron chi connectivity index (χ4n) is 3.92. The number of alkyl halides is 1. The highest BCUT2D eigenvalue weighted by atomic mass is 32.2. The van der Waals surface area contributed by atoms with Gasteiger partial charge in [-0.05, 0) is 36.2 Å². The van der Waals surface area contributed by atoms with Crippen molar-refractivity contribution >= 4 is 27.6 Å². The van der Waals surface area contributed by atoms with Crippen molar-refractivity contribution in [1.29, 1.82) is 0 Å². The molecule has 3 amide bonds. The number of benzene rings is 3. The molecular formula is C26H26FN3O6S. The molecule has 1 heterocycles. The van der Waals surface area contributed by atoms with E-state index in [1.165, 1.54) is 30.1 Å². The number of carbonyl (C=O) groups excluding carboxylic acids is 2. The third kappa shape index (κ3) is 6.00. The van der Waals surface area contributed by atoms with Crippen LogP contribution in [0.1, 0.15) is 18.1 Å². The molecule has 1 unspecified atom stereocenters. The Bertz CT molecular complexity index is 1430. The molecule has 0 fully saturated rings. The molecule has 0 spiro atoms. The summed E-state index contributed by atoms with van der Waals surface area (Å²) in [5, 5.41) is 2.49.